The summed E-state index contributed by atoms with van der Waals surface area (Å²) in [6.07, 6.45) is 0. The summed E-state index contributed by atoms with van der Waals surface area (Å²) >= 11 is 0. The highest BCUT2D eigenvalue weighted by atomic mass is 16.5. The molecule has 0 aromatic heterocycles. The molecule has 0 saturated carbocycles. The second kappa shape index (κ2) is 8.91. The Balaban J connectivity index is 1.69. The zero-order valence-corrected chi connectivity index (χ0v) is 16.4. The molecule has 0 spiro atoms. The minimum Gasteiger partial charge on any atom is -0.497 e. The predicted molar refractivity (Wildman–Crippen MR) is 113 cm³/mol. The number of benzene rings is 3. The van der Waals surface area contributed by atoms with Gasteiger partial charge < -0.3 is 20.5 Å². The molecule has 0 bridgehead atoms. The maximum atomic E-state index is 12.5. The molecule has 30 heavy (non-hydrogen) atoms. The Bertz CT molecular complexity index is 1110. The van der Waals surface area contributed by atoms with Gasteiger partial charge in [0.2, 0.25) is 0 Å². The molecule has 7 nitrogen and oxygen atoms in total. The number of carbonyl (C=O) groups is 3. The van der Waals surface area contributed by atoms with Crippen LogP contribution in [0.3, 0.4) is 0 Å². The molecular weight excluding hydrogens is 384 g/mol. The molecule has 2 amide bonds. The lowest BCUT2D eigenvalue weighted by atomic mass is 10.1. The number of ether oxygens (including phenoxy) is 1. The van der Waals surface area contributed by atoms with E-state index in [1.54, 1.807) is 61.5 Å². The molecule has 0 aliphatic rings. The molecule has 0 fully saturated rings. The number of amides is 2. The van der Waals surface area contributed by atoms with Gasteiger partial charge in [-0.3, -0.25) is 9.59 Å². The van der Waals surface area contributed by atoms with E-state index in [0.29, 0.717) is 28.3 Å². The van der Waals surface area contributed by atoms with Gasteiger partial charge >= 0.3 is 5.97 Å². The lowest BCUT2D eigenvalue weighted by molar-refractivity contribution is 0.0696. The van der Waals surface area contributed by atoms with Crippen LogP contribution in [0.4, 0.5) is 11.4 Å². The number of hydrogen-bond acceptors (Lipinski definition) is 4. The van der Waals surface area contributed by atoms with Crippen molar-refractivity contribution in [3.8, 4) is 5.75 Å². The van der Waals surface area contributed by atoms with E-state index in [2.05, 4.69) is 10.6 Å². The maximum absolute atomic E-state index is 12.5. The lowest BCUT2D eigenvalue weighted by Gasteiger charge is -2.10. The molecule has 3 aromatic rings. The fraction of sp³-hybridized carbons (Fsp3) is 0.0870. The third kappa shape index (κ3) is 4.82. The number of aromatic carboxylic acids is 1. The summed E-state index contributed by atoms with van der Waals surface area (Å²) in [5.74, 6) is -1.17. The quantitative estimate of drug-likeness (QED) is 0.571. The SMILES string of the molecule is COc1cccc(C(=O)Nc2ccc(C(=O)Nc3cc(C(=O)O)ccc3C)cc2)c1. The van der Waals surface area contributed by atoms with E-state index < -0.39 is 5.97 Å². The van der Waals surface area contributed by atoms with E-state index in [-0.39, 0.29) is 17.4 Å². The Morgan fingerprint density at radius 2 is 1.47 bits per heavy atom. The standard InChI is InChI=1S/C23H20N2O5/c1-14-6-7-17(23(28)29)13-20(14)25-21(26)15-8-10-18(11-9-15)24-22(27)16-4-3-5-19(12-16)30-2/h3-13H,1-2H3,(H,24,27)(H,25,26)(H,28,29). The topological polar surface area (TPSA) is 105 Å². The molecule has 3 rings (SSSR count). The molecule has 7 heteroatoms. The van der Waals surface area contributed by atoms with Gasteiger partial charge in [-0.05, 0) is 67.1 Å². The van der Waals surface area contributed by atoms with Crippen molar-refractivity contribution >= 4 is 29.2 Å². The highest BCUT2D eigenvalue weighted by Gasteiger charge is 2.12. The van der Waals surface area contributed by atoms with Crippen LogP contribution in [-0.2, 0) is 0 Å². The van der Waals surface area contributed by atoms with E-state index in [0.717, 1.165) is 5.56 Å². The number of carbonyl (C=O) groups excluding carboxylic acids is 2. The van der Waals surface area contributed by atoms with Crippen LogP contribution >= 0.6 is 0 Å². The average Bonchev–Trinajstić information content (AvgIpc) is 2.75. The molecule has 0 atom stereocenters. The molecular formula is C23H20N2O5. The van der Waals surface area contributed by atoms with Crippen molar-refractivity contribution in [2.75, 3.05) is 17.7 Å². The van der Waals surface area contributed by atoms with Gasteiger partial charge in [0, 0.05) is 22.5 Å². The van der Waals surface area contributed by atoms with Gasteiger partial charge in [-0.15, -0.1) is 0 Å². The molecule has 0 heterocycles. The maximum Gasteiger partial charge on any atom is 0.335 e. The fourth-order valence-electron chi connectivity index (χ4n) is 2.76. The summed E-state index contributed by atoms with van der Waals surface area (Å²) in [5.41, 5.74) is 2.61. The molecule has 0 aliphatic heterocycles. The number of rotatable bonds is 6. The number of carboxylic acid groups (broad SMARTS) is 1. The van der Waals surface area contributed by atoms with Crippen LogP contribution in [0.5, 0.6) is 5.75 Å². The van der Waals surface area contributed by atoms with Gasteiger partial charge in [-0.2, -0.15) is 0 Å². The first-order valence-corrected chi connectivity index (χ1v) is 9.08. The van der Waals surface area contributed by atoms with Gasteiger partial charge in [0.25, 0.3) is 11.8 Å². The zero-order valence-electron chi connectivity index (χ0n) is 16.4. The largest absolute Gasteiger partial charge is 0.497 e. The van der Waals surface area contributed by atoms with Crippen molar-refractivity contribution in [1.29, 1.82) is 0 Å². The summed E-state index contributed by atoms with van der Waals surface area (Å²) in [7, 11) is 1.53. The summed E-state index contributed by atoms with van der Waals surface area (Å²) in [4.78, 5) is 36.0. The Hall–Kier alpha value is -4.13. The number of anilines is 2. The zero-order chi connectivity index (χ0) is 21.7. The van der Waals surface area contributed by atoms with E-state index >= 15 is 0 Å². The van der Waals surface area contributed by atoms with Crippen LogP contribution < -0.4 is 15.4 Å². The highest BCUT2D eigenvalue weighted by molar-refractivity contribution is 6.07. The first-order chi connectivity index (χ1) is 14.4. The normalized spacial score (nSPS) is 10.2. The van der Waals surface area contributed by atoms with Crippen molar-refractivity contribution < 1.29 is 24.2 Å². The molecule has 3 aromatic carbocycles. The Morgan fingerprint density at radius 1 is 0.800 bits per heavy atom. The van der Waals surface area contributed by atoms with Crippen LogP contribution in [-0.4, -0.2) is 30.0 Å². The minimum atomic E-state index is -1.07. The van der Waals surface area contributed by atoms with Crippen LogP contribution in [0.25, 0.3) is 0 Å². The fourth-order valence-corrected chi connectivity index (χ4v) is 2.76. The summed E-state index contributed by atoms with van der Waals surface area (Å²) in [5, 5.41) is 14.6. The van der Waals surface area contributed by atoms with Crippen molar-refractivity contribution in [3.05, 3.63) is 89.0 Å². The molecule has 0 unspecified atom stereocenters. The molecule has 3 N–H and O–H groups in total. The molecule has 0 saturated heterocycles. The van der Waals surface area contributed by atoms with E-state index in [1.165, 1.54) is 19.2 Å². The van der Waals surface area contributed by atoms with Crippen LogP contribution in [0.1, 0.15) is 36.6 Å². The van der Waals surface area contributed by atoms with Crippen LogP contribution in [0.15, 0.2) is 66.7 Å². The first-order valence-electron chi connectivity index (χ1n) is 9.08. The van der Waals surface area contributed by atoms with E-state index in [1.807, 2.05) is 0 Å². The number of hydrogen-bond donors (Lipinski definition) is 3. The average molecular weight is 404 g/mol. The Morgan fingerprint density at radius 3 is 2.13 bits per heavy atom. The van der Waals surface area contributed by atoms with Crippen molar-refractivity contribution in [1.82, 2.24) is 0 Å². The second-order valence-electron chi connectivity index (χ2n) is 6.55. The Labute approximate surface area is 173 Å². The van der Waals surface area contributed by atoms with E-state index in [4.69, 9.17) is 9.84 Å². The predicted octanol–water partition coefficient (Wildman–Crippen LogP) is 4.21. The Kier molecular flexibility index (Phi) is 6.12. The summed E-state index contributed by atoms with van der Waals surface area (Å²) in [6, 6.07) is 17.7. The smallest absolute Gasteiger partial charge is 0.335 e. The molecule has 0 aliphatic carbocycles. The van der Waals surface area contributed by atoms with Gasteiger partial charge in [0.1, 0.15) is 5.75 Å². The summed E-state index contributed by atoms with van der Waals surface area (Å²) < 4.78 is 5.12. The first kappa shape index (κ1) is 20.6. The van der Waals surface area contributed by atoms with Crippen LogP contribution in [0.2, 0.25) is 0 Å². The molecule has 152 valence electrons. The lowest BCUT2D eigenvalue weighted by Crippen LogP contribution is -2.14. The summed E-state index contributed by atoms with van der Waals surface area (Å²) in [6.45, 7) is 1.78. The van der Waals surface area contributed by atoms with Crippen molar-refractivity contribution in [3.63, 3.8) is 0 Å². The van der Waals surface area contributed by atoms with Gasteiger partial charge in [-0.1, -0.05) is 12.1 Å². The van der Waals surface area contributed by atoms with E-state index in [9.17, 15) is 14.4 Å². The number of nitrogens with one attached hydrogen (secondary N) is 2. The number of methoxy groups -OCH3 is 1. The minimum absolute atomic E-state index is 0.0894. The monoisotopic (exact) mass is 404 g/mol. The van der Waals surface area contributed by atoms with Crippen molar-refractivity contribution in [2.45, 2.75) is 6.92 Å². The number of carboxylic acids is 1. The second-order valence-corrected chi connectivity index (χ2v) is 6.55. The third-order valence-corrected chi connectivity index (χ3v) is 4.47. The highest BCUT2D eigenvalue weighted by Crippen LogP contribution is 2.19. The van der Waals surface area contributed by atoms with Crippen LogP contribution in [0, 0.1) is 6.92 Å². The van der Waals surface area contributed by atoms with Gasteiger partial charge in [0.05, 0.1) is 12.7 Å². The van der Waals surface area contributed by atoms with Gasteiger partial charge in [0.15, 0.2) is 0 Å². The molecule has 0 radical (unpaired) electrons. The van der Waals surface area contributed by atoms with Gasteiger partial charge in [-0.25, -0.2) is 4.79 Å². The number of aryl methyl sites for hydroxylation is 1. The van der Waals surface area contributed by atoms with Crippen molar-refractivity contribution in [2.24, 2.45) is 0 Å². The third-order valence-electron chi connectivity index (χ3n) is 4.47.